The van der Waals surface area contributed by atoms with Gasteiger partial charge in [0.1, 0.15) is 0 Å². The highest BCUT2D eigenvalue weighted by atomic mass is 32.2. The summed E-state index contributed by atoms with van der Waals surface area (Å²) in [6.45, 7) is 2.16. The van der Waals surface area contributed by atoms with E-state index < -0.39 is 0 Å². The SMILES string of the molecule is C[C@@H]1NCS1. The van der Waals surface area contributed by atoms with E-state index in [2.05, 4.69) is 12.2 Å². The summed E-state index contributed by atoms with van der Waals surface area (Å²) in [5.74, 6) is 1.15. The van der Waals surface area contributed by atoms with Gasteiger partial charge in [-0.1, -0.05) is 0 Å². The summed E-state index contributed by atoms with van der Waals surface area (Å²) in [7, 11) is 0. The van der Waals surface area contributed by atoms with Gasteiger partial charge in [0.25, 0.3) is 0 Å². The molecule has 5 heavy (non-hydrogen) atoms. The van der Waals surface area contributed by atoms with Crippen LogP contribution in [0.15, 0.2) is 0 Å². The third kappa shape index (κ3) is 0.578. The van der Waals surface area contributed by atoms with Crippen molar-refractivity contribution in [1.29, 1.82) is 0 Å². The average molecular weight is 89.2 g/mol. The summed E-state index contributed by atoms with van der Waals surface area (Å²) >= 11 is 1.95. The largest absolute Gasteiger partial charge is 0.296 e. The van der Waals surface area contributed by atoms with Gasteiger partial charge in [0, 0.05) is 5.88 Å². The zero-order valence-corrected chi connectivity index (χ0v) is 4.01. The van der Waals surface area contributed by atoms with Gasteiger partial charge in [0.15, 0.2) is 0 Å². The van der Waals surface area contributed by atoms with Crippen LogP contribution in [0.25, 0.3) is 0 Å². The van der Waals surface area contributed by atoms with Crippen molar-refractivity contribution in [3.8, 4) is 0 Å². The predicted molar refractivity (Wildman–Crippen MR) is 25.1 cm³/mol. The van der Waals surface area contributed by atoms with Gasteiger partial charge in [-0.25, -0.2) is 0 Å². The minimum atomic E-state index is 0.731. The molecule has 1 saturated heterocycles. The first-order valence-electron chi connectivity index (χ1n) is 1.74. The van der Waals surface area contributed by atoms with E-state index >= 15 is 0 Å². The van der Waals surface area contributed by atoms with Crippen molar-refractivity contribution in [3.05, 3.63) is 0 Å². The van der Waals surface area contributed by atoms with Crippen LogP contribution in [0.1, 0.15) is 6.92 Å². The van der Waals surface area contributed by atoms with Crippen molar-refractivity contribution in [2.24, 2.45) is 0 Å². The lowest BCUT2D eigenvalue weighted by Gasteiger charge is -2.21. The van der Waals surface area contributed by atoms with Gasteiger partial charge in [-0.15, -0.1) is 11.8 Å². The Morgan fingerprint density at radius 3 is 2.40 bits per heavy atom. The van der Waals surface area contributed by atoms with Crippen LogP contribution < -0.4 is 5.32 Å². The summed E-state index contributed by atoms with van der Waals surface area (Å²) in [5.41, 5.74) is 0. The highest BCUT2D eigenvalue weighted by molar-refractivity contribution is 8.01. The topological polar surface area (TPSA) is 12.0 Å². The first-order chi connectivity index (χ1) is 2.39. The second-order valence-electron chi connectivity index (χ2n) is 1.16. The molecule has 0 aromatic carbocycles. The Labute approximate surface area is 36.1 Å². The minimum absolute atomic E-state index is 0.731. The maximum atomic E-state index is 3.17. The van der Waals surface area contributed by atoms with Crippen LogP contribution in [0.2, 0.25) is 0 Å². The molecule has 0 radical (unpaired) electrons. The quantitative estimate of drug-likeness (QED) is 0.467. The number of thioether (sulfide) groups is 1. The first kappa shape index (κ1) is 3.50. The van der Waals surface area contributed by atoms with E-state index in [1.165, 1.54) is 0 Å². The average Bonchev–Trinajstić information content (AvgIpc) is 1.30. The zero-order chi connectivity index (χ0) is 3.70. The monoisotopic (exact) mass is 89.0 g/mol. The Balaban J connectivity index is 2.08. The fraction of sp³-hybridized carbons (Fsp3) is 1.00. The lowest BCUT2D eigenvalue weighted by Crippen LogP contribution is -2.33. The Morgan fingerprint density at radius 2 is 2.40 bits per heavy atom. The summed E-state index contributed by atoms with van der Waals surface area (Å²) in [6, 6.07) is 0. The molecule has 1 aliphatic heterocycles. The summed E-state index contributed by atoms with van der Waals surface area (Å²) < 4.78 is 0. The molecule has 0 amide bonds. The summed E-state index contributed by atoms with van der Waals surface area (Å²) in [4.78, 5) is 0. The van der Waals surface area contributed by atoms with Crippen LogP contribution in [-0.2, 0) is 0 Å². The molecule has 0 saturated carbocycles. The number of hydrogen-bond acceptors (Lipinski definition) is 2. The molecule has 0 aromatic heterocycles. The summed E-state index contributed by atoms with van der Waals surface area (Å²) in [5, 5.41) is 3.90. The van der Waals surface area contributed by atoms with Crippen molar-refractivity contribution < 1.29 is 0 Å². The van der Waals surface area contributed by atoms with Crippen molar-refractivity contribution in [1.82, 2.24) is 5.32 Å². The molecular formula is C3H7NS. The van der Waals surface area contributed by atoms with E-state index in [0.717, 1.165) is 11.3 Å². The van der Waals surface area contributed by atoms with E-state index in [0.29, 0.717) is 0 Å². The van der Waals surface area contributed by atoms with Gasteiger partial charge in [-0.05, 0) is 6.92 Å². The maximum absolute atomic E-state index is 3.17. The standard InChI is InChI=1S/C3H7NS/c1-3-4-2-5-3/h3-4H,2H2,1H3/t3-/m1/s1. The fourth-order valence-electron chi connectivity index (χ4n) is 0.250. The second-order valence-corrected chi connectivity index (χ2v) is 2.49. The van der Waals surface area contributed by atoms with Crippen molar-refractivity contribution in [3.63, 3.8) is 0 Å². The fourth-order valence-corrected chi connectivity index (χ4v) is 0.750. The van der Waals surface area contributed by atoms with Gasteiger partial charge < -0.3 is 0 Å². The Hall–Kier alpha value is 0.310. The molecule has 1 aliphatic rings. The van der Waals surface area contributed by atoms with Crippen LogP contribution in [0.4, 0.5) is 0 Å². The third-order valence-electron chi connectivity index (χ3n) is 0.704. The van der Waals surface area contributed by atoms with Gasteiger partial charge in [-0.2, -0.15) is 0 Å². The number of rotatable bonds is 0. The highest BCUT2D eigenvalue weighted by Crippen LogP contribution is 2.13. The maximum Gasteiger partial charge on any atom is 0.0522 e. The smallest absolute Gasteiger partial charge is 0.0522 e. The predicted octanol–water partition coefficient (Wildman–Crippen LogP) is 0.626. The zero-order valence-electron chi connectivity index (χ0n) is 3.19. The van der Waals surface area contributed by atoms with E-state index in [-0.39, 0.29) is 0 Å². The van der Waals surface area contributed by atoms with E-state index in [4.69, 9.17) is 0 Å². The molecule has 0 aliphatic carbocycles. The molecule has 1 N–H and O–H groups in total. The molecule has 0 unspecified atom stereocenters. The van der Waals surface area contributed by atoms with E-state index in [1.807, 2.05) is 11.8 Å². The lowest BCUT2D eigenvalue weighted by molar-refractivity contribution is 0.732. The molecule has 30 valence electrons. The van der Waals surface area contributed by atoms with Gasteiger partial charge in [0.2, 0.25) is 0 Å². The van der Waals surface area contributed by atoms with Crippen LogP contribution >= 0.6 is 11.8 Å². The van der Waals surface area contributed by atoms with Gasteiger partial charge in [-0.3, -0.25) is 5.32 Å². The summed E-state index contributed by atoms with van der Waals surface area (Å²) in [6.07, 6.45) is 0. The van der Waals surface area contributed by atoms with Crippen molar-refractivity contribution in [2.45, 2.75) is 12.3 Å². The molecule has 0 spiro atoms. The van der Waals surface area contributed by atoms with Gasteiger partial charge in [0.05, 0.1) is 5.37 Å². The number of nitrogens with one attached hydrogen (secondary N) is 1. The van der Waals surface area contributed by atoms with Crippen LogP contribution in [0.5, 0.6) is 0 Å². The van der Waals surface area contributed by atoms with Crippen LogP contribution in [0, 0.1) is 0 Å². The molecule has 1 fully saturated rings. The second kappa shape index (κ2) is 1.19. The molecule has 1 atom stereocenters. The molecule has 1 nitrogen and oxygen atoms in total. The van der Waals surface area contributed by atoms with Crippen molar-refractivity contribution in [2.75, 3.05) is 5.88 Å². The Morgan fingerprint density at radius 1 is 2.00 bits per heavy atom. The first-order valence-corrected chi connectivity index (χ1v) is 2.79. The Kier molecular flexibility index (Phi) is 0.830. The highest BCUT2D eigenvalue weighted by Gasteiger charge is 2.07. The normalized spacial score (nSPS) is 36.6. The molecule has 1 heterocycles. The van der Waals surface area contributed by atoms with Crippen LogP contribution in [-0.4, -0.2) is 11.3 Å². The van der Waals surface area contributed by atoms with E-state index in [9.17, 15) is 0 Å². The van der Waals surface area contributed by atoms with Crippen molar-refractivity contribution >= 4 is 11.8 Å². The number of hydrogen-bond donors (Lipinski definition) is 1. The van der Waals surface area contributed by atoms with E-state index in [1.54, 1.807) is 0 Å². The molecular weight excluding hydrogens is 82.1 g/mol. The molecule has 0 bridgehead atoms. The Bertz CT molecular complexity index is 33.9. The van der Waals surface area contributed by atoms with Crippen LogP contribution in [0.3, 0.4) is 0 Å². The molecule has 0 aromatic rings. The van der Waals surface area contributed by atoms with Gasteiger partial charge >= 0.3 is 0 Å². The molecule has 1 rings (SSSR count). The lowest BCUT2D eigenvalue weighted by atomic mass is 10.7. The molecule has 2 heteroatoms. The third-order valence-corrected chi connectivity index (χ3v) is 1.70. The minimum Gasteiger partial charge on any atom is -0.296 e.